The van der Waals surface area contributed by atoms with Crippen LogP contribution in [0, 0.1) is 11.3 Å². The van der Waals surface area contributed by atoms with Crippen LogP contribution in [0.1, 0.15) is 38.5 Å². The average Bonchev–Trinajstić information content (AvgIpc) is 2.32. The van der Waals surface area contributed by atoms with E-state index in [4.69, 9.17) is 4.74 Å². The Hall–Kier alpha value is -1.10. The summed E-state index contributed by atoms with van der Waals surface area (Å²) >= 11 is 0. The molecule has 0 atom stereocenters. The van der Waals surface area contributed by atoms with Crippen molar-refractivity contribution in [2.24, 2.45) is 11.3 Å². The third-order valence-electron chi connectivity index (χ3n) is 4.23. The summed E-state index contributed by atoms with van der Waals surface area (Å²) in [5.41, 5.74) is -0.826. The van der Waals surface area contributed by atoms with Crippen molar-refractivity contribution in [3.63, 3.8) is 0 Å². The first kappa shape index (κ1) is 13.3. The molecule has 1 saturated carbocycles. The molecule has 2 fully saturated rings. The van der Waals surface area contributed by atoms with Gasteiger partial charge in [0, 0.05) is 26.2 Å². The molecule has 1 heterocycles. The van der Waals surface area contributed by atoms with E-state index < -0.39 is 11.4 Å². The topological polar surface area (TPSA) is 75.6 Å². The fourth-order valence-electron chi connectivity index (χ4n) is 2.53. The Morgan fingerprint density at radius 2 is 1.94 bits per heavy atom. The minimum absolute atomic E-state index is 0.00758. The standard InChI is InChI=1S/C13H21NO4/c15-11(8-10-2-1-3-10)14-9-13(12(16)17)4-6-18-7-5-13/h10H,1-9H2,(H,14,15)(H,16,17). The number of rotatable bonds is 5. The molecule has 2 N–H and O–H groups in total. The van der Waals surface area contributed by atoms with Crippen LogP contribution in [-0.2, 0) is 14.3 Å². The molecule has 0 radical (unpaired) electrons. The van der Waals surface area contributed by atoms with E-state index in [2.05, 4.69) is 5.32 Å². The Labute approximate surface area is 107 Å². The van der Waals surface area contributed by atoms with Crippen molar-refractivity contribution >= 4 is 11.9 Å². The zero-order valence-corrected chi connectivity index (χ0v) is 10.6. The summed E-state index contributed by atoms with van der Waals surface area (Å²) in [5.74, 6) is -0.318. The van der Waals surface area contributed by atoms with E-state index in [1.165, 1.54) is 6.42 Å². The number of hydrogen-bond donors (Lipinski definition) is 2. The van der Waals surface area contributed by atoms with Crippen LogP contribution in [0.2, 0.25) is 0 Å². The fraction of sp³-hybridized carbons (Fsp3) is 0.846. The molecule has 1 aliphatic heterocycles. The molecule has 0 spiro atoms. The van der Waals surface area contributed by atoms with Crippen molar-refractivity contribution in [3.05, 3.63) is 0 Å². The van der Waals surface area contributed by atoms with Gasteiger partial charge in [0.05, 0.1) is 5.41 Å². The lowest BCUT2D eigenvalue weighted by Gasteiger charge is -2.33. The zero-order valence-electron chi connectivity index (χ0n) is 10.6. The van der Waals surface area contributed by atoms with Gasteiger partial charge in [-0.2, -0.15) is 0 Å². The first-order valence-corrected chi connectivity index (χ1v) is 6.70. The van der Waals surface area contributed by atoms with E-state index in [0.717, 1.165) is 12.8 Å². The molecular formula is C13H21NO4. The van der Waals surface area contributed by atoms with Gasteiger partial charge in [-0.25, -0.2) is 0 Å². The number of amides is 1. The van der Waals surface area contributed by atoms with Gasteiger partial charge >= 0.3 is 5.97 Å². The molecule has 0 bridgehead atoms. The van der Waals surface area contributed by atoms with Crippen LogP contribution in [0.15, 0.2) is 0 Å². The maximum absolute atomic E-state index is 11.7. The SMILES string of the molecule is O=C(CC1CCC1)NCC1(C(=O)O)CCOCC1. The van der Waals surface area contributed by atoms with Gasteiger partial charge in [-0.1, -0.05) is 6.42 Å². The molecule has 0 unspecified atom stereocenters. The normalized spacial score (nSPS) is 23.1. The maximum Gasteiger partial charge on any atom is 0.311 e. The van der Waals surface area contributed by atoms with Gasteiger partial charge in [0.25, 0.3) is 0 Å². The summed E-state index contributed by atoms with van der Waals surface area (Å²) in [6, 6.07) is 0. The molecule has 0 aromatic carbocycles. The van der Waals surface area contributed by atoms with Crippen molar-refractivity contribution in [2.75, 3.05) is 19.8 Å². The largest absolute Gasteiger partial charge is 0.481 e. The summed E-state index contributed by atoms with van der Waals surface area (Å²) in [4.78, 5) is 23.1. The predicted octanol–water partition coefficient (Wildman–Crippen LogP) is 1.17. The number of nitrogens with one attached hydrogen (secondary N) is 1. The number of carbonyl (C=O) groups is 2. The highest BCUT2D eigenvalue weighted by Crippen LogP contribution is 2.31. The summed E-state index contributed by atoms with van der Waals surface area (Å²) in [5, 5.41) is 12.1. The van der Waals surface area contributed by atoms with Crippen molar-refractivity contribution in [3.8, 4) is 0 Å². The molecule has 102 valence electrons. The highest BCUT2D eigenvalue weighted by atomic mass is 16.5. The summed E-state index contributed by atoms with van der Waals surface area (Å²) in [6.45, 7) is 1.16. The van der Waals surface area contributed by atoms with E-state index >= 15 is 0 Å². The Kier molecular flexibility index (Phi) is 4.22. The minimum atomic E-state index is -0.826. The highest BCUT2D eigenvalue weighted by molar-refractivity contribution is 5.79. The van der Waals surface area contributed by atoms with E-state index in [9.17, 15) is 14.7 Å². The third-order valence-corrected chi connectivity index (χ3v) is 4.23. The quantitative estimate of drug-likeness (QED) is 0.773. The van der Waals surface area contributed by atoms with Gasteiger partial charge in [-0.05, 0) is 31.6 Å². The molecule has 2 aliphatic rings. The van der Waals surface area contributed by atoms with Gasteiger partial charge in [-0.3, -0.25) is 9.59 Å². The molecule has 1 saturated heterocycles. The van der Waals surface area contributed by atoms with Crippen molar-refractivity contribution < 1.29 is 19.4 Å². The van der Waals surface area contributed by atoms with Crippen LogP contribution < -0.4 is 5.32 Å². The molecular weight excluding hydrogens is 234 g/mol. The Bertz CT molecular complexity index is 319. The van der Waals surface area contributed by atoms with Crippen LogP contribution in [-0.4, -0.2) is 36.7 Å². The van der Waals surface area contributed by atoms with Gasteiger partial charge in [0.1, 0.15) is 0 Å². The summed E-state index contributed by atoms with van der Waals surface area (Å²) in [6.07, 6.45) is 4.98. The summed E-state index contributed by atoms with van der Waals surface area (Å²) in [7, 11) is 0. The summed E-state index contributed by atoms with van der Waals surface area (Å²) < 4.78 is 5.20. The smallest absolute Gasteiger partial charge is 0.311 e. The van der Waals surface area contributed by atoms with Crippen LogP contribution in [0.5, 0.6) is 0 Å². The van der Waals surface area contributed by atoms with E-state index in [0.29, 0.717) is 38.4 Å². The molecule has 1 amide bonds. The molecule has 5 heteroatoms. The second-order valence-corrected chi connectivity index (χ2v) is 5.48. The fourth-order valence-corrected chi connectivity index (χ4v) is 2.53. The first-order chi connectivity index (χ1) is 8.62. The van der Waals surface area contributed by atoms with E-state index in [1.807, 2.05) is 0 Å². The first-order valence-electron chi connectivity index (χ1n) is 6.70. The zero-order chi connectivity index (χ0) is 13.0. The van der Waals surface area contributed by atoms with Crippen LogP contribution >= 0.6 is 0 Å². The molecule has 5 nitrogen and oxygen atoms in total. The monoisotopic (exact) mass is 255 g/mol. The Balaban J connectivity index is 1.81. The lowest BCUT2D eigenvalue weighted by Crippen LogP contribution is -2.46. The lowest BCUT2D eigenvalue weighted by molar-refractivity contribution is -0.154. The Morgan fingerprint density at radius 1 is 1.28 bits per heavy atom. The van der Waals surface area contributed by atoms with Crippen molar-refractivity contribution in [2.45, 2.75) is 38.5 Å². The number of ether oxygens (including phenoxy) is 1. The number of carboxylic acids is 1. The average molecular weight is 255 g/mol. The predicted molar refractivity (Wildman–Crippen MR) is 65.1 cm³/mol. The van der Waals surface area contributed by atoms with Crippen molar-refractivity contribution in [1.82, 2.24) is 5.32 Å². The molecule has 18 heavy (non-hydrogen) atoms. The van der Waals surface area contributed by atoms with E-state index in [1.54, 1.807) is 0 Å². The van der Waals surface area contributed by atoms with Crippen LogP contribution in [0.3, 0.4) is 0 Å². The minimum Gasteiger partial charge on any atom is -0.481 e. The molecule has 0 aromatic rings. The number of hydrogen-bond acceptors (Lipinski definition) is 3. The number of carbonyl (C=O) groups excluding carboxylic acids is 1. The van der Waals surface area contributed by atoms with Gasteiger partial charge in [-0.15, -0.1) is 0 Å². The van der Waals surface area contributed by atoms with Crippen molar-refractivity contribution in [1.29, 1.82) is 0 Å². The lowest BCUT2D eigenvalue weighted by atomic mass is 9.79. The highest BCUT2D eigenvalue weighted by Gasteiger charge is 2.40. The Morgan fingerprint density at radius 3 is 2.44 bits per heavy atom. The van der Waals surface area contributed by atoms with Gasteiger partial charge < -0.3 is 15.2 Å². The second kappa shape index (κ2) is 5.69. The van der Waals surface area contributed by atoms with Gasteiger partial charge in [0.2, 0.25) is 5.91 Å². The van der Waals surface area contributed by atoms with Crippen LogP contribution in [0.25, 0.3) is 0 Å². The number of aliphatic carboxylic acids is 1. The van der Waals surface area contributed by atoms with E-state index in [-0.39, 0.29) is 12.5 Å². The second-order valence-electron chi connectivity index (χ2n) is 5.48. The molecule has 1 aliphatic carbocycles. The van der Waals surface area contributed by atoms with Gasteiger partial charge in [0.15, 0.2) is 0 Å². The third kappa shape index (κ3) is 3.02. The van der Waals surface area contributed by atoms with Crippen LogP contribution in [0.4, 0.5) is 0 Å². The maximum atomic E-state index is 11.7. The molecule has 2 rings (SSSR count). The number of carboxylic acid groups (broad SMARTS) is 1. The molecule has 0 aromatic heterocycles.